The van der Waals surface area contributed by atoms with Crippen molar-refractivity contribution in [2.75, 3.05) is 4.90 Å². The number of hydrogen-bond donors (Lipinski definition) is 1. The minimum absolute atomic E-state index is 0.0373. The molecule has 1 amide bonds. The fourth-order valence-corrected chi connectivity index (χ4v) is 5.16. The van der Waals surface area contributed by atoms with Gasteiger partial charge < -0.3 is 9.52 Å². The standard InChI is InChI=1S/C21H13FN2O4S2/c1-10-2-5-14(28-10)18(25)16-17(11-6-7-29-9-11)24(20(27)19(16)26)21-23-13-4-3-12(22)8-15(13)30-21/h2-9,17,26H,1H3. The lowest BCUT2D eigenvalue weighted by atomic mass is 9.97. The molecule has 1 N–H and O–H groups in total. The van der Waals surface area contributed by atoms with E-state index in [1.165, 1.54) is 40.5 Å². The fourth-order valence-electron chi connectivity index (χ4n) is 3.46. The maximum Gasteiger partial charge on any atom is 0.296 e. The molecule has 1 atom stereocenters. The van der Waals surface area contributed by atoms with Crippen LogP contribution in [0.15, 0.2) is 62.9 Å². The van der Waals surface area contributed by atoms with Crippen LogP contribution in [-0.2, 0) is 4.79 Å². The lowest BCUT2D eigenvalue weighted by molar-refractivity contribution is -0.117. The van der Waals surface area contributed by atoms with E-state index in [9.17, 15) is 19.1 Å². The Morgan fingerprint density at radius 3 is 2.80 bits per heavy atom. The number of furan rings is 1. The quantitative estimate of drug-likeness (QED) is 0.442. The first-order chi connectivity index (χ1) is 14.4. The molecule has 0 bridgehead atoms. The van der Waals surface area contributed by atoms with Crippen molar-refractivity contribution >= 4 is 49.7 Å². The van der Waals surface area contributed by atoms with Crippen LogP contribution in [0.25, 0.3) is 10.2 Å². The van der Waals surface area contributed by atoms with E-state index in [0.717, 1.165) is 11.3 Å². The second kappa shape index (κ2) is 6.89. The average molecular weight is 440 g/mol. The van der Waals surface area contributed by atoms with Crippen LogP contribution in [0, 0.1) is 12.7 Å². The Kier molecular flexibility index (Phi) is 4.30. The summed E-state index contributed by atoms with van der Waals surface area (Å²) in [6.45, 7) is 1.70. The second-order valence-corrected chi connectivity index (χ2v) is 8.53. The summed E-state index contributed by atoms with van der Waals surface area (Å²) in [4.78, 5) is 31.9. The van der Waals surface area contributed by atoms with Gasteiger partial charge in [-0.3, -0.25) is 14.5 Å². The maximum absolute atomic E-state index is 13.6. The van der Waals surface area contributed by atoms with E-state index in [4.69, 9.17) is 4.42 Å². The van der Waals surface area contributed by atoms with E-state index in [1.54, 1.807) is 24.4 Å². The van der Waals surface area contributed by atoms with Crippen molar-refractivity contribution in [1.82, 2.24) is 4.98 Å². The molecule has 0 fully saturated rings. The molecule has 0 aliphatic carbocycles. The molecule has 0 saturated heterocycles. The van der Waals surface area contributed by atoms with E-state index in [0.29, 0.717) is 21.5 Å². The van der Waals surface area contributed by atoms with Gasteiger partial charge in [0.15, 0.2) is 16.7 Å². The SMILES string of the molecule is Cc1ccc(C(=O)C2=C(O)C(=O)N(c3nc4ccc(F)cc4s3)C2c2ccsc2)o1. The summed E-state index contributed by atoms with van der Waals surface area (Å²) in [5, 5.41) is 14.6. The van der Waals surface area contributed by atoms with Gasteiger partial charge in [-0.05, 0) is 59.6 Å². The molecular weight excluding hydrogens is 427 g/mol. The van der Waals surface area contributed by atoms with Crippen LogP contribution in [-0.4, -0.2) is 21.8 Å². The van der Waals surface area contributed by atoms with Gasteiger partial charge in [0.1, 0.15) is 11.6 Å². The molecule has 1 aliphatic heterocycles. The Bertz CT molecular complexity index is 1340. The number of fused-ring (bicyclic) bond motifs is 1. The predicted molar refractivity (Wildman–Crippen MR) is 112 cm³/mol. The zero-order valence-electron chi connectivity index (χ0n) is 15.5. The molecule has 150 valence electrons. The minimum atomic E-state index is -0.868. The number of Topliss-reactive ketones (excluding diaryl/α,β-unsaturated/α-hetero) is 1. The van der Waals surface area contributed by atoms with Crippen LogP contribution in [0.4, 0.5) is 9.52 Å². The van der Waals surface area contributed by atoms with Crippen molar-refractivity contribution in [2.45, 2.75) is 13.0 Å². The molecule has 4 heterocycles. The second-order valence-electron chi connectivity index (χ2n) is 6.74. The zero-order valence-corrected chi connectivity index (χ0v) is 17.1. The summed E-state index contributed by atoms with van der Waals surface area (Å²) in [5.41, 5.74) is 1.11. The Morgan fingerprint density at radius 2 is 2.10 bits per heavy atom. The van der Waals surface area contributed by atoms with E-state index in [1.807, 2.05) is 5.38 Å². The van der Waals surface area contributed by atoms with Crippen LogP contribution in [0.5, 0.6) is 0 Å². The molecular formula is C21H13FN2O4S2. The monoisotopic (exact) mass is 440 g/mol. The number of amides is 1. The first-order valence-electron chi connectivity index (χ1n) is 8.90. The van der Waals surface area contributed by atoms with Crippen LogP contribution in [0.2, 0.25) is 0 Å². The number of ketones is 1. The number of aryl methyl sites for hydroxylation is 1. The smallest absolute Gasteiger partial charge is 0.296 e. The summed E-state index contributed by atoms with van der Waals surface area (Å²) in [6, 6.07) is 8.21. The summed E-state index contributed by atoms with van der Waals surface area (Å²) in [7, 11) is 0. The molecule has 3 aromatic heterocycles. The lowest BCUT2D eigenvalue weighted by Crippen LogP contribution is -2.30. The predicted octanol–water partition coefficient (Wildman–Crippen LogP) is 5.18. The van der Waals surface area contributed by atoms with Crippen molar-refractivity contribution in [1.29, 1.82) is 0 Å². The van der Waals surface area contributed by atoms with Gasteiger partial charge in [0.2, 0.25) is 5.78 Å². The van der Waals surface area contributed by atoms with Crippen molar-refractivity contribution in [3.63, 3.8) is 0 Å². The highest BCUT2D eigenvalue weighted by Gasteiger charge is 2.46. The Balaban J connectivity index is 1.66. The Morgan fingerprint density at radius 1 is 1.27 bits per heavy atom. The van der Waals surface area contributed by atoms with Crippen LogP contribution < -0.4 is 4.90 Å². The molecule has 0 radical (unpaired) electrons. The maximum atomic E-state index is 13.6. The number of benzene rings is 1. The fraction of sp³-hybridized carbons (Fsp3) is 0.0952. The third-order valence-corrected chi connectivity index (χ3v) is 6.54. The zero-order chi connectivity index (χ0) is 21.0. The number of rotatable bonds is 4. The third kappa shape index (κ3) is 2.86. The highest BCUT2D eigenvalue weighted by molar-refractivity contribution is 7.22. The molecule has 5 rings (SSSR count). The number of thiazole rings is 1. The number of aliphatic hydroxyl groups is 1. The topological polar surface area (TPSA) is 83.6 Å². The molecule has 0 saturated carbocycles. The van der Waals surface area contributed by atoms with Crippen LogP contribution >= 0.6 is 22.7 Å². The molecule has 0 spiro atoms. The van der Waals surface area contributed by atoms with Gasteiger partial charge in [0.25, 0.3) is 5.91 Å². The molecule has 1 unspecified atom stereocenters. The van der Waals surface area contributed by atoms with Crippen LogP contribution in [0.3, 0.4) is 0 Å². The highest BCUT2D eigenvalue weighted by atomic mass is 32.1. The average Bonchev–Trinajstić information content (AvgIpc) is 3.49. The number of anilines is 1. The number of aromatic nitrogens is 1. The van der Waals surface area contributed by atoms with Gasteiger partial charge in [-0.2, -0.15) is 11.3 Å². The number of nitrogens with zero attached hydrogens (tertiary/aromatic N) is 2. The normalized spacial score (nSPS) is 16.8. The Labute approximate surface area is 177 Å². The van der Waals surface area contributed by atoms with E-state index >= 15 is 0 Å². The summed E-state index contributed by atoms with van der Waals surface area (Å²) in [5.74, 6) is -1.78. The number of carbonyl (C=O) groups excluding carboxylic acids is 2. The summed E-state index contributed by atoms with van der Waals surface area (Å²) < 4.78 is 19.6. The molecule has 4 aromatic rings. The van der Waals surface area contributed by atoms with E-state index in [2.05, 4.69) is 4.98 Å². The minimum Gasteiger partial charge on any atom is -0.503 e. The van der Waals surface area contributed by atoms with E-state index < -0.39 is 29.3 Å². The first kappa shape index (κ1) is 18.7. The molecule has 1 aromatic carbocycles. The van der Waals surface area contributed by atoms with Crippen molar-refractivity contribution in [3.8, 4) is 0 Å². The van der Waals surface area contributed by atoms with Crippen LogP contribution in [0.1, 0.15) is 27.9 Å². The molecule has 9 heteroatoms. The molecule has 6 nitrogen and oxygen atoms in total. The highest BCUT2D eigenvalue weighted by Crippen LogP contribution is 2.44. The largest absolute Gasteiger partial charge is 0.503 e. The third-order valence-electron chi connectivity index (χ3n) is 4.82. The number of hydrogen-bond acceptors (Lipinski definition) is 7. The first-order valence-corrected chi connectivity index (χ1v) is 10.7. The molecule has 1 aliphatic rings. The van der Waals surface area contributed by atoms with Gasteiger partial charge >= 0.3 is 0 Å². The van der Waals surface area contributed by atoms with E-state index in [-0.39, 0.29) is 16.5 Å². The van der Waals surface area contributed by atoms with Gasteiger partial charge in [0.05, 0.1) is 21.8 Å². The molecule has 30 heavy (non-hydrogen) atoms. The van der Waals surface area contributed by atoms with Gasteiger partial charge in [0, 0.05) is 0 Å². The Hall–Kier alpha value is -3.30. The summed E-state index contributed by atoms with van der Waals surface area (Å²) >= 11 is 2.52. The van der Waals surface area contributed by atoms with Crippen molar-refractivity contribution in [2.24, 2.45) is 0 Å². The number of aliphatic hydroxyl groups excluding tert-OH is 1. The van der Waals surface area contributed by atoms with Gasteiger partial charge in [-0.25, -0.2) is 9.37 Å². The van der Waals surface area contributed by atoms with Crippen molar-refractivity contribution in [3.05, 3.63) is 81.4 Å². The number of thiophene rings is 1. The lowest BCUT2D eigenvalue weighted by Gasteiger charge is -2.23. The van der Waals surface area contributed by atoms with Gasteiger partial charge in [-0.15, -0.1) is 0 Å². The number of carbonyl (C=O) groups is 2. The summed E-state index contributed by atoms with van der Waals surface area (Å²) in [6.07, 6.45) is 0. The van der Waals surface area contributed by atoms with Crippen molar-refractivity contribution < 1.29 is 23.5 Å². The van der Waals surface area contributed by atoms with Gasteiger partial charge in [-0.1, -0.05) is 11.3 Å². The number of halogens is 1.